The van der Waals surface area contributed by atoms with E-state index in [1.165, 1.54) is 31.2 Å². The molecule has 122 valence electrons. The maximum absolute atomic E-state index is 13.5. The molecule has 0 aromatic heterocycles. The number of carbonyl (C=O) groups is 1. The van der Waals surface area contributed by atoms with E-state index in [-0.39, 0.29) is 10.6 Å². The second-order valence-electron chi connectivity index (χ2n) is 5.11. The van der Waals surface area contributed by atoms with Gasteiger partial charge in [-0.05, 0) is 44.2 Å². The molecule has 0 aliphatic rings. The zero-order valence-corrected chi connectivity index (χ0v) is 13.4. The molecule has 1 N–H and O–H groups in total. The fourth-order valence-electron chi connectivity index (χ4n) is 2.11. The molecule has 0 fully saturated rings. The van der Waals surface area contributed by atoms with Crippen molar-refractivity contribution in [2.75, 3.05) is 4.31 Å². The van der Waals surface area contributed by atoms with E-state index in [0.717, 1.165) is 17.7 Å². The monoisotopic (exact) mass is 337 g/mol. The molecule has 0 saturated carbocycles. The Morgan fingerprint density at radius 2 is 1.78 bits per heavy atom. The van der Waals surface area contributed by atoms with Gasteiger partial charge in [-0.15, -0.1) is 0 Å². The smallest absolute Gasteiger partial charge is 0.327 e. The molecule has 0 bridgehead atoms. The summed E-state index contributed by atoms with van der Waals surface area (Å²) in [5.74, 6) is -1.98. The van der Waals surface area contributed by atoms with Gasteiger partial charge in [0.15, 0.2) is 0 Å². The van der Waals surface area contributed by atoms with Crippen molar-refractivity contribution in [2.45, 2.75) is 24.8 Å². The molecule has 0 spiro atoms. The van der Waals surface area contributed by atoms with Crippen molar-refractivity contribution >= 4 is 21.7 Å². The first-order valence-electron chi connectivity index (χ1n) is 6.83. The van der Waals surface area contributed by atoms with E-state index in [1.807, 2.05) is 0 Å². The molecule has 0 heterocycles. The molecule has 23 heavy (non-hydrogen) atoms. The first-order valence-corrected chi connectivity index (χ1v) is 8.27. The number of hydrogen-bond donors (Lipinski definition) is 1. The van der Waals surface area contributed by atoms with Crippen LogP contribution < -0.4 is 4.31 Å². The Labute approximate surface area is 134 Å². The molecule has 0 aliphatic heterocycles. The van der Waals surface area contributed by atoms with E-state index in [1.54, 1.807) is 19.1 Å². The van der Waals surface area contributed by atoms with Crippen LogP contribution in [0.25, 0.3) is 0 Å². The fourth-order valence-corrected chi connectivity index (χ4v) is 3.71. The zero-order chi connectivity index (χ0) is 17.2. The first-order chi connectivity index (χ1) is 10.7. The Morgan fingerprint density at radius 3 is 2.30 bits per heavy atom. The summed E-state index contributed by atoms with van der Waals surface area (Å²) in [6.45, 7) is 3.04. The van der Waals surface area contributed by atoms with Crippen molar-refractivity contribution in [3.05, 3.63) is 59.9 Å². The van der Waals surface area contributed by atoms with Gasteiger partial charge in [0.25, 0.3) is 10.0 Å². The van der Waals surface area contributed by atoms with E-state index in [0.29, 0.717) is 4.31 Å². The number of hydrogen-bond acceptors (Lipinski definition) is 3. The molecule has 1 unspecified atom stereocenters. The van der Waals surface area contributed by atoms with Crippen LogP contribution in [0.2, 0.25) is 0 Å². The van der Waals surface area contributed by atoms with Crippen LogP contribution in [0.5, 0.6) is 0 Å². The third-order valence-electron chi connectivity index (χ3n) is 3.35. The number of carboxylic acids is 1. The van der Waals surface area contributed by atoms with Crippen molar-refractivity contribution < 1.29 is 22.7 Å². The van der Waals surface area contributed by atoms with Crippen LogP contribution in [-0.2, 0) is 14.8 Å². The third-order valence-corrected chi connectivity index (χ3v) is 5.26. The molecule has 2 aromatic rings. The number of nitrogens with zero attached hydrogens (tertiary/aromatic N) is 1. The maximum atomic E-state index is 13.5. The maximum Gasteiger partial charge on any atom is 0.327 e. The van der Waals surface area contributed by atoms with Crippen molar-refractivity contribution in [2.24, 2.45) is 0 Å². The SMILES string of the molecule is Cc1ccc(S(=O)(=O)N(c2cccc(F)c2)C(C)C(=O)O)cc1. The summed E-state index contributed by atoms with van der Waals surface area (Å²) in [5.41, 5.74) is 0.827. The highest BCUT2D eigenvalue weighted by molar-refractivity contribution is 7.92. The second-order valence-corrected chi connectivity index (χ2v) is 6.92. The summed E-state index contributed by atoms with van der Waals surface area (Å²) in [6, 6.07) is 9.46. The number of carboxylic acid groups (broad SMARTS) is 1. The number of sulfonamides is 1. The van der Waals surface area contributed by atoms with Crippen LogP contribution in [0.1, 0.15) is 12.5 Å². The first kappa shape index (κ1) is 17.0. The van der Waals surface area contributed by atoms with Crippen LogP contribution in [0.15, 0.2) is 53.4 Å². The van der Waals surface area contributed by atoms with Gasteiger partial charge in [-0.3, -0.25) is 4.31 Å². The number of rotatable bonds is 5. The molecule has 2 rings (SSSR count). The zero-order valence-electron chi connectivity index (χ0n) is 12.6. The Balaban J connectivity index is 2.61. The van der Waals surface area contributed by atoms with Gasteiger partial charge in [-0.25, -0.2) is 17.6 Å². The molecule has 0 amide bonds. The van der Waals surface area contributed by atoms with Gasteiger partial charge >= 0.3 is 5.97 Å². The summed E-state index contributed by atoms with van der Waals surface area (Å²) in [6.07, 6.45) is 0. The lowest BCUT2D eigenvalue weighted by molar-refractivity contribution is -0.137. The van der Waals surface area contributed by atoms with E-state index in [2.05, 4.69) is 0 Å². The standard InChI is InChI=1S/C16H16FNO4S/c1-11-6-8-15(9-7-11)23(21,22)18(12(2)16(19)20)14-5-3-4-13(17)10-14/h3-10,12H,1-2H3,(H,19,20). The number of anilines is 1. The van der Waals surface area contributed by atoms with Crippen LogP contribution in [0, 0.1) is 12.7 Å². The molecule has 1 atom stereocenters. The number of aryl methyl sites for hydroxylation is 1. The average molecular weight is 337 g/mol. The molecular weight excluding hydrogens is 321 g/mol. The Kier molecular flexibility index (Phi) is 4.70. The lowest BCUT2D eigenvalue weighted by Gasteiger charge is -2.28. The Bertz CT molecular complexity index is 818. The Hall–Kier alpha value is -2.41. The van der Waals surface area contributed by atoms with E-state index >= 15 is 0 Å². The number of aliphatic carboxylic acids is 1. The highest BCUT2D eigenvalue weighted by Gasteiger charge is 2.33. The summed E-state index contributed by atoms with van der Waals surface area (Å²) < 4.78 is 39.9. The normalized spacial score (nSPS) is 12.7. The summed E-state index contributed by atoms with van der Waals surface area (Å²) >= 11 is 0. The predicted octanol–water partition coefficient (Wildman–Crippen LogP) is 2.80. The van der Waals surface area contributed by atoms with Crippen molar-refractivity contribution in [3.8, 4) is 0 Å². The lowest BCUT2D eigenvalue weighted by atomic mass is 10.2. The second kappa shape index (κ2) is 6.37. The largest absolute Gasteiger partial charge is 0.480 e. The average Bonchev–Trinajstić information content (AvgIpc) is 2.47. The predicted molar refractivity (Wildman–Crippen MR) is 84.3 cm³/mol. The van der Waals surface area contributed by atoms with E-state index in [9.17, 15) is 22.7 Å². The fraction of sp³-hybridized carbons (Fsp3) is 0.188. The molecule has 0 radical (unpaired) electrons. The Morgan fingerprint density at radius 1 is 1.17 bits per heavy atom. The molecule has 2 aromatic carbocycles. The minimum absolute atomic E-state index is 0.0412. The molecule has 0 aliphatic carbocycles. The van der Waals surface area contributed by atoms with Crippen LogP contribution >= 0.6 is 0 Å². The summed E-state index contributed by atoms with van der Waals surface area (Å²) in [5, 5.41) is 9.24. The summed E-state index contributed by atoms with van der Waals surface area (Å²) in [7, 11) is -4.15. The van der Waals surface area contributed by atoms with E-state index in [4.69, 9.17) is 0 Å². The minimum Gasteiger partial charge on any atom is -0.480 e. The number of halogens is 1. The van der Waals surface area contributed by atoms with Crippen molar-refractivity contribution in [3.63, 3.8) is 0 Å². The highest BCUT2D eigenvalue weighted by Crippen LogP contribution is 2.27. The third kappa shape index (κ3) is 3.50. The van der Waals surface area contributed by atoms with Gasteiger partial charge in [0.2, 0.25) is 0 Å². The van der Waals surface area contributed by atoms with Gasteiger partial charge in [-0.1, -0.05) is 23.8 Å². The van der Waals surface area contributed by atoms with Gasteiger partial charge in [0.1, 0.15) is 11.9 Å². The van der Waals surface area contributed by atoms with Gasteiger partial charge in [0, 0.05) is 0 Å². The van der Waals surface area contributed by atoms with Crippen LogP contribution in [-0.4, -0.2) is 25.5 Å². The van der Waals surface area contributed by atoms with Crippen LogP contribution in [0.3, 0.4) is 0 Å². The van der Waals surface area contributed by atoms with E-state index < -0.39 is 27.9 Å². The molecule has 7 heteroatoms. The summed E-state index contributed by atoms with van der Waals surface area (Å²) in [4.78, 5) is 11.3. The van der Waals surface area contributed by atoms with Crippen molar-refractivity contribution in [1.82, 2.24) is 0 Å². The quantitative estimate of drug-likeness (QED) is 0.910. The topological polar surface area (TPSA) is 74.7 Å². The van der Waals surface area contributed by atoms with Gasteiger partial charge in [0.05, 0.1) is 10.6 Å². The van der Waals surface area contributed by atoms with Crippen LogP contribution in [0.4, 0.5) is 10.1 Å². The van der Waals surface area contributed by atoms with Crippen molar-refractivity contribution in [1.29, 1.82) is 0 Å². The minimum atomic E-state index is -4.15. The molecule has 0 saturated heterocycles. The molecular formula is C16H16FNO4S. The number of benzene rings is 2. The highest BCUT2D eigenvalue weighted by atomic mass is 32.2. The lowest BCUT2D eigenvalue weighted by Crippen LogP contribution is -2.43. The van der Waals surface area contributed by atoms with Gasteiger partial charge in [-0.2, -0.15) is 0 Å². The van der Waals surface area contributed by atoms with Gasteiger partial charge < -0.3 is 5.11 Å². The molecule has 5 nitrogen and oxygen atoms in total.